The molecule has 0 aromatic carbocycles. The third-order valence-electron chi connectivity index (χ3n) is 2.35. The van der Waals surface area contributed by atoms with Crippen molar-refractivity contribution in [1.82, 2.24) is 0 Å². The second-order valence-corrected chi connectivity index (χ2v) is 4.43. The molecule has 0 aromatic rings. The number of allylic oxidation sites excluding steroid dienone is 3. The maximum atomic E-state index is 3.99. The maximum absolute atomic E-state index is 3.99. The van der Waals surface area contributed by atoms with Gasteiger partial charge in [0.15, 0.2) is 0 Å². The van der Waals surface area contributed by atoms with E-state index in [1.54, 1.807) is 5.57 Å². The predicted octanol–water partition coefficient (Wildman–Crippen LogP) is 3.70. The van der Waals surface area contributed by atoms with Gasteiger partial charge in [-0.05, 0) is 24.7 Å². The maximum Gasteiger partial charge on any atom is -0.0139 e. The van der Waals surface area contributed by atoms with Gasteiger partial charge in [0.1, 0.15) is 0 Å². The summed E-state index contributed by atoms with van der Waals surface area (Å²) in [6, 6.07) is 0. The Morgan fingerprint density at radius 1 is 1.27 bits per heavy atom. The lowest BCUT2D eigenvalue weighted by Crippen LogP contribution is -2.11. The SMILES string of the molecule is C=C1CC=C(C(C)(C)C)CC1. The Balaban J connectivity index is 2.69. The zero-order valence-electron chi connectivity index (χ0n) is 7.91. The molecule has 0 bridgehead atoms. The number of hydrogen-bond donors (Lipinski definition) is 0. The molecule has 0 fully saturated rings. The van der Waals surface area contributed by atoms with Crippen molar-refractivity contribution >= 4 is 0 Å². The fraction of sp³-hybridized carbons (Fsp3) is 0.636. The van der Waals surface area contributed by atoms with Gasteiger partial charge in [-0.2, -0.15) is 0 Å². The number of hydrogen-bond acceptors (Lipinski definition) is 0. The summed E-state index contributed by atoms with van der Waals surface area (Å²) in [5.41, 5.74) is 3.36. The lowest BCUT2D eigenvalue weighted by Gasteiger charge is -2.26. The molecule has 1 rings (SSSR count). The minimum absolute atomic E-state index is 0.376. The Kier molecular flexibility index (Phi) is 2.22. The summed E-state index contributed by atoms with van der Waals surface area (Å²) in [5, 5.41) is 0. The van der Waals surface area contributed by atoms with Crippen molar-refractivity contribution in [3.8, 4) is 0 Å². The van der Waals surface area contributed by atoms with Crippen molar-refractivity contribution < 1.29 is 0 Å². The van der Waals surface area contributed by atoms with Crippen LogP contribution >= 0.6 is 0 Å². The van der Waals surface area contributed by atoms with E-state index in [0.717, 1.165) is 6.42 Å². The van der Waals surface area contributed by atoms with Crippen molar-refractivity contribution in [1.29, 1.82) is 0 Å². The van der Waals surface area contributed by atoms with E-state index in [1.807, 2.05) is 0 Å². The molecule has 0 aliphatic heterocycles. The van der Waals surface area contributed by atoms with Crippen LogP contribution in [0.15, 0.2) is 23.8 Å². The van der Waals surface area contributed by atoms with Crippen LogP contribution in [-0.4, -0.2) is 0 Å². The van der Waals surface area contributed by atoms with E-state index >= 15 is 0 Å². The Morgan fingerprint density at radius 3 is 2.27 bits per heavy atom. The molecule has 1 aliphatic carbocycles. The zero-order chi connectivity index (χ0) is 8.48. The van der Waals surface area contributed by atoms with Crippen molar-refractivity contribution in [3.63, 3.8) is 0 Å². The molecule has 0 spiro atoms. The first-order chi connectivity index (χ1) is 5.00. The minimum atomic E-state index is 0.376. The molecule has 0 aromatic heterocycles. The zero-order valence-corrected chi connectivity index (χ0v) is 7.91. The van der Waals surface area contributed by atoms with Gasteiger partial charge in [0.2, 0.25) is 0 Å². The average Bonchev–Trinajstić information content (AvgIpc) is 1.86. The van der Waals surface area contributed by atoms with Crippen LogP contribution in [0.3, 0.4) is 0 Å². The summed E-state index contributed by atoms with van der Waals surface area (Å²) in [7, 11) is 0. The molecule has 62 valence electrons. The molecule has 0 saturated carbocycles. The molecule has 0 N–H and O–H groups in total. The molecule has 0 unspecified atom stereocenters. The summed E-state index contributed by atoms with van der Waals surface area (Å²) in [5.74, 6) is 0. The summed E-state index contributed by atoms with van der Waals surface area (Å²) in [6.07, 6.45) is 5.88. The predicted molar refractivity (Wildman–Crippen MR) is 50.5 cm³/mol. The molecule has 0 atom stereocenters. The average molecular weight is 150 g/mol. The third-order valence-corrected chi connectivity index (χ3v) is 2.35. The van der Waals surface area contributed by atoms with Crippen molar-refractivity contribution in [3.05, 3.63) is 23.8 Å². The van der Waals surface area contributed by atoms with E-state index in [2.05, 4.69) is 33.4 Å². The summed E-state index contributed by atoms with van der Waals surface area (Å²) in [4.78, 5) is 0. The molecular formula is C11H18. The summed E-state index contributed by atoms with van der Waals surface area (Å²) in [6.45, 7) is 10.8. The Hall–Kier alpha value is -0.520. The largest absolute Gasteiger partial charge is 0.0995 e. The van der Waals surface area contributed by atoms with Crippen LogP contribution in [0.25, 0.3) is 0 Å². The highest BCUT2D eigenvalue weighted by Gasteiger charge is 2.18. The first-order valence-electron chi connectivity index (χ1n) is 4.36. The second-order valence-electron chi connectivity index (χ2n) is 4.43. The van der Waals surface area contributed by atoms with E-state index in [1.165, 1.54) is 18.4 Å². The van der Waals surface area contributed by atoms with E-state index in [0.29, 0.717) is 5.41 Å². The van der Waals surface area contributed by atoms with Gasteiger partial charge >= 0.3 is 0 Å². The van der Waals surface area contributed by atoms with Crippen LogP contribution in [-0.2, 0) is 0 Å². The second kappa shape index (κ2) is 2.84. The van der Waals surface area contributed by atoms with Crippen LogP contribution < -0.4 is 0 Å². The van der Waals surface area contributed by atoms with Gasteiger partial charge in [-0.15, -0.1) is 0 Å². The van der Waals surface area contributed by atoms with Crippen LogP contribution in [0.5, 0.6) is 0 Å². The molecule has 0 nitrogen and oxygen atoms in total. The van der Waals surface area contributed by atoms with Crippen molar-refractivity contribution in [2.45, 2.75) is 40.0 Å². The molecule has 0 heterocycles. The fourth-order valence-corrected chi connectivity index (χ4v) is 1.46. The summed E-state index contributed by atoms with van der Waals surface area (Å²) >= 11 is 0. The monoisotopic (exact) mass is 150 g/mol. The van der Waals surface area contributed by atoms with Gasteiger partial charge in [0.05, 0.1) is 0 Å². The molecular weight excluding hydrogens is 132 g/mol. The van der Waals surface area contributed by atoms with E-state index < -0.39 is 0 Å². The normalized spacial score (nSPS) is 19.9. The molecule has 0 heteroatoms. The topological polar surface area (TPSA) is 0 Å². The van der Waals surface area contributed by atoms with Crippen molar-refractivity contribution in [2.24, 2.45) is 5.41 Å². The Labute approximate surface area is 70.0 Å². The van der Waals surface area contributed by atoms with Gasteiger partial charge in [0, 0.05) is 0 Å². The molecule has 0 radical (unpaired) electrons. The van der Waals surface area contributed by atoms with E-state index in [-0.39, 0.29) is 0 Å². The Bertz CT molecular complexity index is 189. The van der Waals surface area contributed by atoms with Gasteiger partial charge in [-0.1, -0.05) is 44.6 Å². The molecule has 11 heavy (non-hydrogen) atoms. The smallest absolute Gasteiger partial charge is 0.0139 e. The van der Waals surface area contributed by atoms with Crippen molar-refractivity contribution in [2.75, 3.05) is 0 Å². The molecule has 0 amide bonds. The molecule has 0 saturated heterocycles. The van der Waals surface area contributed by atoms with Crippen LogP contribution in [0.4, 0.5) is 0 Å². The van der Waals surface area contributed by atoms with Crippen LogP contribution in [0.2, 0.25) is 0 Å². The quantitative estimate of drug-likeness (QED) is 0.462. The standard InChI is InChI=1S/C11H18/c1-9-5-7-10(8-6-9)11(2,3)4/h7H,1,5-6,8H2,2-4H3. The first kappa shape index (κ1) is 8.58. The van der Waals surface area contributed by atoms with Crippen LogP contribution in [0.1, 0.15) is 40.0 Å². The highest BCUT2D eigenvalue weighted by atomic mass is 14.2. The minimum Gasteiger partial charge on any atom is -0.0995 e. The van der Waals surface area contributed by atoms with Crippen LogP contribution in [0, 0.1) is 5.41 Å². The van der Waals surface area contributed by atoms with Gasteiger partial charge in [-0.3, -0.25) is 0 Å². The Morgan fingerprint density at radius 2 is 1.91 bits per heavy atom. The molecule has 1 aliphatic rings. The third kappa shape index (κ3) is 2.21. The van der Waals surface area contributed by atoms with Gasteiger partial charge in [0.25, 0.3) is 0 Å². The highest BCUT2D eigenvalue weighted by molar-refractivity contribution is 5.20. The summed E-state index contributed by atoms with van der Waals surface area (Å²) < 4.78 is 0. The lowest BCUT2D eigenvalue weighted by molar-refractivity contribution is 0.474. The fourth-order valence-electron chi connectivity index (χ4n) is 1.46. The van der Waals surface area contributed by atoms with Gasteiger partial charge < -0.3 is 0 Å². The van der Waals surface area contributed by atoms with Gasteiger partial charge in [-0.25, -0.2) is 0 Å². The highest BCUT2D eigenvalue weighted by Crippen LogP contribution is 2.34. The first-order valence-corrected chi connectivity index (χ1v) is 4.36. The van der Waals surface area contributed by atoms with E-state index in [9.17, 15) is 0 Å². The lowest BCUT2D eigenvalue weighted by atomic mass is 9.79. The van der Waals surface area contributed by atoms with E-state index in [4.69, 9.17) is 0 Å². The number of rotatable bonds is 0.